The first-order valence-electron chi connectivity index (χ1n) is 6.90. The molecular weight excluding hydrogens is 260 g/mol. The Bertz CT molecular complexity index is 466. The topological polar surface area (TPSA) is 46.3 Å². The molecule has 0 saturated carbocycles. The number of amides is 1. The van der Waals surface area contributed by atoms with Crippen molar-refractivity contribution in [1.82, 2.24) is 10.1 Å². The summed E-state index contributed by atoms with van der Waals surface area (Å²) < 4.78 is 5.14. The van der Waals surface area contributed by atoms with E-state index in [0.29, 0.717) is 34.4 Å². The normalized spacial score (nSPS) is 29.8. The highest BCUT2D eigenvalue weighted by molar-refractivity contribution is 7.99. The van der Waals surface area contributed by atoms with Gasteiger partial charge in [-0.15, -0.1) is 0 Å². The Morgan fingerprint density at radius 2 is 1.95 bits per heavy atom. The highest BCUT2D eigenvalue weighted by Gasteiger charge is 2.44. The fourth-order valence-electron chi connectivity index (χ4n) is 3.57. The van der Waals surface area contributed by atoms with E-state index in [4.69, 9.17) is 4.52 Å². The van der Waals surface area contributed by atoms with Gasteiger partial charge in [-0.25, -0.2) is 0 Å². The minimum absolute atomic E-state index is 0.128. The van der Waals surface area contributed by atoms with Gasteiger partial charge in [-0.05, 0) is 45.8 Å². The zero-order chi connectivity index (χ0) is 13.6. The lowest BCUT2D eigenvalue weighted by atomic mass is 10.0. The molecule has 104 valence electrons. The summed E-state index contributed by atoms with van der Waals surface area (Å²) >= 11 is 1.94. The number of aromatic nitrogens is 1. The first-order chi connectivity index (χ1) is 9.11. The second-order valence-corrected chi connectivity index (χ2v) is 6.76. The van der Waals surface area contributed by atoms with Crippen molar-refractivity contribution >= 4 is 17.7 Å². The summed E-state index contributed by atoms with van der Waals surface area (Å²) in [5.41, 5.74) is 1.40. The predicted molar refractivity (Wildman–Crippen MR) is 75.5 cm³/mol. The molecule has 1 aromatic heterocycles. The van der Waals surface area contributed by atoms with E-state index in [1.807, 2.05) is 25.6 Å². The molecule has 0 radical (unpaired) electrons. The monoisotopic (exact) mass is 280 g/mol. The molecule has 4 nitrogen and oxygen atoms in total. The fraction of sp³-hybridized carbons (Fsp3) is 0.714. The van der Waals surface area contributed by atoms with Gasteiger partial charge in [-0.3, -0.25) is 4.79 Å². The van der Waals surface area contributed by atoms with Crippen LogP contribution in [0.25, 0.3) is 0 Å². The molecule has 0 spiro atoms. The van der Waals surface area contributed by atoms with Crippen molar-refractivity contribution in [2.45, 2.75) is 56.9 Å². The van der Waals surface area contributed by atoms with E-state index in [2.05, 4.69) is 16.3 Å². The van der Waals surface area contributed by atoms with E-state index in [9.17, 15) is 4.79 Å². The Hall–Kier alpha value is -0.970. The summed E-state index contributed by atoms with van der Waals surface area (Å²) in [5.74, 6) is 0.775. The number of rotatable bonds is 2. The van der Waals surface area contributed by atoms with Crippen LogP contribution in [0.5, 0.6) is 0 Å². The van der Waals surface area contributed by atoms with Crippen LogP contribution in [-0.4, -0.2) is 39.6 Å². The van der Waals surface area contributed by atoms with Gasteiger partial charge in [0.15, 0.2) is 0 Å². The molecule has 3 heterocycles. The van der Waals surface area contributed by atoms with E-state index >= 15 is 0 Å². The summed E-state index contributed by atoms with van der Waals surface area (Å²) in [6.07, 6.45) is 6.74. The highest BCUT2D eigenvalue weighted by atomic mass is 32.2. The Kier molecular flexibility index (Phi) is 3.33. The quantitative estimate of drug-likeness (QED) is 0.835. The molecular formula is C14H20N2O2S. The minimum atomic E-state index is 0.128. The van der Waals surface area contributed by atoms with Gasteiger partial charge in [-0.2, -0.15) is 11.8 Å². The number of carbonyl (C=O) groups is 1. The van der Waals surface area contributed by atoms with Gasteiger partial charge in [0.1, 0.15) is 11.3 Å². The first-order valence-corrected chi connectivity index (χ1v) is 8.19. The number of fused-ring (bicyclic) bond motifs is 2. The summed E-state index contributed by atoms with van der Waals surface area (Å²) in [7, 11) is 0. The van der Waals surface area contributed by atoms with Crippen LogP contribution in [-0.2, 0) is 0 Å². The third-order valence-electron chi connectivity index (χ3n) is 4.50. The largest absolute Gasteiger partial charge is 0.361 e. The Balaban J connectivity index is 1.86. The second kappa shape index (κ2) is 4.85. The molecule has 2 aliphatic heterocycles. The molecule has 5 heteroatoms. The second-order valence-electron chi connectivity index (χ2n) is 5.63. The van der Waals surface area contributed by atoms with Crippen molar-refractivity contribution in [3.8, 4) is 0 Å². The Morgan fingerprint density at radius 1 is 1.32 bits per heavy atom. The third-order valence-corrected chi connectivity index (χ3v) is 5.56. The molecule has 3 rings (SSSR count). The maximum absolute atomic E-state index is 12.8. The highest BCUT2D eigenvalue weighted by Crippen LogP contribution is 2.40. The van der Waals surface area contributed by atoms with Crippen molar-refractivity contribution in [1.29, 1.82) is 0 Å². The van der Waals surface area contributed by atoms with Crippen molar-refractivity contribution in [3.05, 3.63) is 17.0 Å². The van der Waals surface area contributed by atoms with E-state index in [-0.39, 0.29) is 5.91 Å². The van der Waals surface area contributed by atoms with Gasteiger partial charge in [0, 0.05) is 17.3 Å². The van der Waals surface area contributed by atoms with Crippen LogP contribution >= 0.6 is 11.8 Å². The Labute approximate surface area is 117 Å². The molecule has 2 unspecified atom stereocenters. The van der Waals surface area contributed by atoms with Gasteiger partial charge in [0.2, 0.25) is 0 Å². The van der Waals surface area contributed by atoms with Crippen molar-refractivity contribution in [2.24, 2.45) is 0 Å². The Morgan fingerprint density at radius 3 is 2.42 bits per heavy atom. The van der Waals surface area contributed by atoms with Gasteiger partial charge in [-0.1, -0.05) is 5.16 Å². The van der Waals surface area contributed by atoms with Crippen molar-refractivity contribution in [2.75, 3.05) is 6.26 Å². The van der Waals surface area contributed by atoms with Gasteiger partial charge >= 0.3 is 0 Å². The molecule has 2 atom stereocenters. The van der Waals surface area contributed by atoms with E-state index in [1.54, 1.807) is 0 Å². The summed E-state index contributed by atoms with van der Waals surface area (Å²) in [5, 5.41) is 4.62. The lowest BCUT2D eigenvalue weighted by Crippen LogP contribution is -2.47. The van der Waals surface area contributed by atoms with Crippen LogP contribution in [0.3, 0.4) is 0 Å². The smallest absolute Gasteiger partial charge is 0.259 e. The SMILES string of the molecule is CSC1CC2CCC(C1)N2C(=O)c1c(C)noc1C. The zero-order valence-electron chi connectivity index (χ0n) is 11.7. The number of carbonyl (C=O) groups excluding carboxylic acids is 1. The average Bonchev–Trinajstić information content (AvgIpc) is 2.86. The molecule has 1 amide bonds. The van der Waals surface area contributed by atoms with Crippen molar-refractivity contribution in [3.63, 3.8) is 0 Å². The summed E-state index contributed by atoms with van der Waals surface area (Å²) in [6.45, 7) is 3.67. The minimum Gasteiger partial charge on any atom is -0.361 e. The molecule has 2 fully saturated rings. The molecule has 2 aliphatic rings. The molecule has 1 aromatic rings. The number of thioether (sulfide) groups is 1. The van der Waals surface area contributed by atoms with Gasteiger partial charge in [0.05, 0.1) is 5.69 Å². The van der Waals surface area contributed by atoms with Gasteiger partial charge < -0.3 is 9.42 Å². The number of piperidine rings is 1. The van der Waals surface area contributed by atoms with E-state index in [0.717, 1.165) is 25.7 Å². The molecule has 0 aromatic carbocycles. The maximum Gasteiger partial charge on any atom is 0.259 e. The predicted octanol–water partition coefficient (Wildman–Crippen LogP) is 2.79. The van der Waals surface area contributed by atoms with Crippen LogP contribution in [0.15, 0.2) is 4.52 Å². The molecule has 2 bridgehead atoms. The third kappa shape index (κ3) is 2.08. The number of hydrogen-bond donors (Lipinski definition) is 0. The number of hydrogen-bond acceptors (Lipinski definition) is 4. The lowest BCUT2D eigenvalue weighted by Gasteiger charge is -2.38. The van der Waals surface area contributed by atoms with Crippen LogP contribution in [0.2, 0.25) is 0 Å². The summed E-state index contributed by atoms with van der Waals surface area (Å²) in [6, 6.07) is 0.829. The number of nitrogens with zero attached hydrogens (tertiary/aromatic N) is 2. The van der Waals surface area contributed by atoms with Crippen LogP contribution in [0.1, 0.15) is 47.5 Å². The van der Waals surface area contributed by atoms with Crippen LogP contribution in [0, 0.1) is 13.8 Å². The van der Waals surface area contributed by atoms with Gasteiger partial charge in [0.25, 0.3) is 5.91 Å². The first kappa shape index (κ1) is 13.0. The fourth-order valence-corrected chi connectivity index (χ4v) is 4.40. The van der Waals surface area contributed by atoms with E-state index in [1.165, 1.54) is 0 Å². The number of aryl methyl sites for hydroxylation is 2. The lowest BCUT2D eigenvalue weighted by molar-refractivity contribution is 0.0599. The molecule has 0 aliphatic carbocycles. The zero-order valence-corrected chi connectivity index (χ0v) is 12.5. The van der Waals surface area contributed by atoms with Crippen LogP contribution < -0.4 is 0 Å². The molecule has 0 N–H and O–H groups in total. The van der Waals surface area contributed by atoms with Crippen molar-refractivity contribution < 1.29 is 9.32 Å². The maximum atomic E-state index is 12.8. The summed E-state index contributed by atoms with van der Waals surface area (Å²) in [4.78, 5) is 14.9. The average molecular weight is 280 g/mol. The van der Waals surface area contributed by atoms with Crippen LogP contribution in [0.4, 0.5) is 0 Å². The van der Waals surface area contributed by atoms with E-state index < -0.39 is 0 Å². The standard InChI is InChI=1S/C14H20N2O2S/c1-8-13(9(2)18-15-8)14(17)16-10-4-5-11(16)7-12(6-10)19-3/h10-12H,4-7H2,1-3H3. The molecule has 2 saturated heterocycles. The molecule has 19 heavy (non-hydrogen) atoms.